The maximum absolute atomic E-state index is 12.2. The zero-order valence-electron chi connectivity index (χ0n) is 11.3. The van der Waals surface area contributed by atoms with Gasteiger partial charge in [-0.05, 0) is 37.5 Å². The van der Waals surface area contributed by atoms with Crippen molar-refractivity contribution in [3.05, 3.63) is 23.2 Å². The smallest absolute Gasteiger partial charge is 0.244 e. The van der Waals surface area contributed by atoms with Gasteiger partial charge < -0.3 is 9.47 Å². The summed E-state index contributed by atoms with van der Waals surface area (Å²) in [5, 5.41) is 0.352. The van der Waals surface area contributed by atoms with Crippen LogP contribution >= 0.6 is 11.6 Å². The summed E-state index contributed by atoms with van der Waals surface area (Å²) in [7, 11) is -2.21. The Morgan fingerprint density at radius 2 is 2.30 bits per heavy atom. The van der Waals surface area contributed by atoms with Crippen molar-refractivity contribution < 1.29 is 17.9 Å². The molecular weight excluding hydrogens is 302 g/mol. The molecule has 0 radical (unpaired) electrons. The van der Waals surface area contributed by atoms with Gasteiger partial charge in [-0.15, -0.1) is 0 Å². The van der Waals surface area contributed by atoms with Crippen molar-refractivity contribution in [2.45, 2.75) is 30.3 Å². The minimum absolute atomic E-state index is 0.0554. The van der Waals surface area contributed by atoms with E-state index >= 15 is 0 Å². The molecule has 1 aromatic rings. The fourth-order valence-corrected chi connectivity index (χ4v) is 3.64. The Morgan fingerprint density at radius 3 is 2.95 bits per heavy atom. The molecule has 1 saturated heterocycles. The Labute approximate surface area is 124 Å². The molecule has 2 rings (SSSR count). The summed E-state index contributed by atoms with van der Waals surface area (Å²) in [5.41, 5.74) is 0. The predicted octanol–water partition coefficient (Wildman–Crippen LogP) is 2.20. The molecule has 1 atom stereocenters. The Hall–Kier alpha value is -0.820. The largest absolute Gasteiger partial charge is 0.495 e. The van der Waals surface area contributed by atoms with Gasteiger partial charge in [0.05, 0.1) is 13.2 Å². The van der Waals surface area contributed by atoms with Crippen LogP contribution in [0.3, 0.4) is 0 Å². The van der Waals surface area contributed by atoms with Gasteiger partial charge in [0.25, 0.3) is 0 Å². The van der Waals surface area contributed by atoms with Crippen molar-refractivity contribution in [1.82, 2.24) is 4.72 Å². The lowest BCUT2D eigenvalue weighted by Gasteiger charge is -2.13. The Kier molecular flexibility index (Phi) is 5.26. The topological polar surface area (TPSA) is 64.6 Å². The molecule has 5 nitrogen and oxygen atoms in total. The first-order valence-corrected chi connectivity index (χ1v) is 8.34. The summed E-state index contributed by atoms with van der Waals surface area (Å²) < 4.78 is 37.6. The van der Waals surface area contributed by atoms with Gasteiger partial charge in [0.15, 0.2) is 0 Å². The highest BCUT2D eigenvalue weighted by atomic mass is 35.5. The van der Waals surface area contributed by atoms with E-state index in [0.717, 1.165) is 19.4 Å². The first-order valence-electron chi connectivity index (χ1n) is 6.48. The minimum Gasteiger partial charge on any atom is -0.495 e. The third-order valence-corrected chi connectivity index (χ3v) is 4.91. The molecule has 7 heteroatoms. The van der Waals surface area contributed by atoms with Gasteiger partial charge in [0.1, 0.15) is 10.6 Å². The van der Waals surface area contributed by atoms with Gasteiger partial charge in [0.2, 0.25) is 10.0 Å². The summed E-state index contributed by atoms with van der Waals surface area (Å²) in [5.74, 6) is 0.277. The Balaban J connectivity index is 2.03. The maximum atomic E-state index is 12.2. The molecule has 0 aromatic heterocycles. The lowest BCUT2D eigenvalue weighted by atomic mass is 10.2. The minimum atomic E-state index is -3.63. The van der Waals surface area contributed by atoms with Crippen molar-refractivity contribution >= 4 is 21.6 Å². The predicted molar refractivity (Wildman–Crippen MR) is 76.8 cm³/mol. The summed E-state index contributed by atoms with van der Waals surface area (Å²) in [4.78, 5) is 0.0554. The molecule has 1 N–H and O–H groups in total. The number of methoxy groups -OCH3 is 1. The normalized spacial score (nSPS) is 19.2. The highest BCUT2D eigenvalue weighted by Gasteiger charge is 2.21. The summed E-state index contributed by atoms with van der Waals surface area (Å²) in [6.45, 7) is 1.10. The zero-order chi connectivity index (χ0) is 14.6. The van der Waals surface area contributed by atoms with Crippen LogP contribution in [0, 0.1) is 0 Å². The first-order chi connectivity index (χ1) is 9.53. The van der Waals surface area contributed by atoms with Gasteiger partial charge in [0, 0.05) is 18.2 Å². The maximum Gasteiger partial charge on any atom is 0.244 e. The average molecular weight is 320 g/mol. The van der Waals surface area contributed by atoms with Crippen LogP contribution in [0.1, 0.15) is 19.3 Å². The SMILES string of the molecule is COc1ccc(Cl)cc1S(=O)(=O)NCCC1CCCO1. The monoisotopic (exact) mass is 319 g/mol. The third kappa shape index (κ3) is 3.85. The van der Waals surface area contributed by atoms with Crippen molar-refractivity contribution in [3.63, 3.8) is 0 Å². The van der Waals surface area contributed by atoms with E-state index in [-0.39, 0.29) is 16.7 Å². The van der Waals surface area contributed by atoms with Crippen LogP contribution in [0.4, 0.5) is 0 Å². The van der Waals surface area contributed by atoms with E-state index in [2.05, 4.69) is 4.72 Å². The number of hydrogen-bond acceptors (Lipinski definition) is 4. The van der Waals surface area contributed by atoms with Crippen molar-refractivity contribution in [2.75, 3.05) is 20.3 Å². The van der Waals surface area contributed by atoms with Crippen LogP contribution in [-0.2, 0) is 14.8 Å². The van der Waals surface area contributed by atoms with Crippen molar-refractivity contribution in [1.29, 1.82) is 0 Å². The van der Waals surface area contributed by atoms with E-state index in [4.69, 9.17) is 21.1 Å². The van der Waals surface area contributed by atoms with Crippen LogP contribution in [0.15, 0.2) is 23.1 Å². The van der Waals surface area contributed by atoms with Crippen LogP contribution in [0.2, 0.25) is 5.02 Å². The highest BCUT2D eigenvalue weighted by molar-refractivity contribution is 7.89. The summed E-state index contributed by atoms with van der Waals surface area (Å²) in [6.07, 6.45) is 2.85. The molecule has 0 bridgehead atoms. The second-order valence-electron chi connectivity index (χ2n) is 4.62. The van der Waals surface area contributed by atoms with Crippen molar-refractivity contribution in [2.24, 2.45) is 0 Å². The number of sulfonamides is 1. The van der Waals surface area contributed by atoms with Gasteiger partial charge in [-0.1, -0.05) is 11.6 Å². The van der Waals surface area contributed by atoms with Crippen LogP contribution in [0.5, 0.6) is 5.75 Å². The zero-order valence-corrected chi connectivity index (χ0v) is 12.8. The highest BCUT2D eigenvalue weighted by Crippen LogP contribution is 2.26. The number of hydrogen-bond donors (Lipinski definition) is 1. The van der Waals surface area contributed by atoms with E-state index < -0.39 is 10.0 Å². The van der Waals surface area contributed by atoms with E-state index in [0.29, 0.717) is 18.0 Å². The molecular formula is C13H18ClNO4S. The van der Waals surface area contributed by atoms with Gasteiger partial charge >= 0.3 is 0 Å². The third-order valence-electron chi connectivity index (χ3n) is 3.20. The molecule has 1 unspecified atom stereocenters. The van der Waals surface area contributed by atoms with Gasteiger partial charge in [-0.25, -0.2) is 13.1 Å². The van der Waals surface area contributed by atoms with Crippen LogP contribution in [-0.4, -0.2) is 34.8 Å². The van der Waals surface area contributed by atoms with E-state index in [1.807, 2.05) is 0 Å². The number of ether oxygens (including phenoxy) is 2. The molecule has 0 spiro atoms. The van der Waals surface area contributed by atoms with Crippen LogP contribution in [0.25, 0.3) is 0 Å². The standard InChI is InChI=1S/C13H18ClNO4S/c1-18-12-5-4-10(14)9-13(12)20(16,17)15-7-6-11-3-2-8-19-11/h4-5,9,11,15H,2-3,6-8H2,1H3. The molecule has 0 amide bonds. The molecule has 0 aliphatic carbocycles. The lowest BCUT2D eigenvalue weighted by Crippen LogP contribution is -2.27. The molecule has 1 aliphatic rings. The first kappa shape index (κ1) is 15.6. The summed E-state index contributed by atoms with van der Waals surface area (Å²) in [6, 6.07) is 4.51. The van der Waals surface area contributed by atoms with E-state index in [1.54, 1.807) is 6.07 Å². The fraction of sp³-hybridized carbons (Fsp3) is 0.538. The number of halogens is 1. The fourth-order valence-electron chi connectivity index (χ4n) is 2.16. The summed E-state index contributed by atoms with van der Waals surface area (Å²) >= 11 is 5.85. The molecule has 0 saturated carbocycles. The van der Waals surface area contributed by atoms with E-state index in [9.17, 15) is 8.42 Å². The van der Waals surface area contributed by atoms with Crippen molar-refractivity contribution in [3.8, 4) is 5.75 Å². The molecule has 1 fully saturated rings. The van der Waals surface area contributed by atoms with Crippen LogP contribution < -0.4 is 9.46 Å². The molecule has 112 valence electrons. The number of rotatable bonds is 6. The Bertz CT molecular complexity index is 555. The second-order valence-corrected chi connectivity index (χ2v) is 6.79. The molecule has 20 heavy (non-hydrogen) atoms. The number of benzene rings is 1. The molecule has 1 heterocycles. The quantitative estimate of drug-likeness (QED) is 0.873. The Morgan fingerprint density at radius 1 is 1.50 bits per heavy atom. The molecule has 1 aliphatic heterocycles. The number of nitrogens with one attached hydrogen (secondary N) is 1. The van der Waals surface area contributed by atoms with Gasteiger partial charge in [-0.3, -0.25) is 0 Å². The lowest BCUT2D eigenvalue weighted by molar-refractivity contribution is 0.105. The van der Waals surface area contributed by atoms with Gasteiger partial charge in [-0.2, -0.15) is 0 Å². The van der Waals surface area contributed by atoms with E-state index in [1.165, 1.54) is 19.2 Å². The molecule has 1 aromatic carbocycles. The second kappa shape index (κ2) is 6.76. The average Bonchev–Trinajstić information content (AvgIpc) is 2.91.